The van der Waals surface area contributed by atoms with Crippen LogP contribution in [0.5, 0.6) is 11.5 Å². The Labute approximate surface area is 117 Å². The molecule has 0 radical (unpaired) electrons. The Kier molecular flexibility index (Phi) is 4.00. The molecular formula is C15H16N2O3. The fraction of sp³-hybridized carbons (Fsp3) is 0.200. The Balaban J connectivity index is 2.43. The molecule has 0 saturated heterocycles. The van der Waals surface area contributed by atoms with Crippen LogP contribution in [-0.2, 0) is 6.54 Å². The molecule has 0 fully saturated rings. The Hall–Kier alpha value is -2.40. The number of nitrogens with two attached hydrogens (primary N) is 1. The van der Waals surface area contributed by atoms with Crippen molar-refractivity contribution in [2.24, 2.45) is 5.73 Å². The molecule has 0 unspecified atom stereocenters. The van der Waals surface area contributed by atoms with Crippen molar-refractivity contribution >= 4 is 5.69 Å². The summed E-state index contributed by atoms with van der Waals surface area (Å²) in [6.45, 7) is 3.92. The third kappa shape index (κ3) is 2.78. The van der Waals surface area contributed by atoms with E-state index in [-0.39, 0.29) is 5.69 Å². The lowest BCUT2D eigenvalue weighted by molar-refractivity contribution is -0.385. The number of ether oxygens (including phenoxy) is 1. The van der Waals surface area contributed by atoms with Gasteiger partial charge >= 0.3 is 0 Å². The van der Waals surface area contributed by atoms with Crippen molar-refractivity contribution in [1.82, 2.24) is 0 Å². The lowest BCUT2D eigenvalue weighted by atomic mass is 10.1. The van der Waals surface area contributed by atoms with Crippen LogP contribution in [0.15, 0.2) is 36.4 Å². The van der Waals surface area contributed by atoms with Crippen molar-refractivity contribution in [3.05, 3.63) is 63.2 Å². The number of hydrogen-bond acceptors (Lipinski definition) is 4. The van der Waals surface area contributed by atoms with E-state index in [1.807, 2.05) is 25.1 Å². The van der Waals surface area contributed by atoms with Gasteiger partial charge < -0.3 is 10.5 Å². The van der Waals surface area contributed by atoms with Crippen molar-refractivity contribution in [2.45, 2.75) is 20.4 Å². The topological polar surface area (TPSA) is 78.4 Å². The summed E-state index contributed by atoms with van der Waals surface area (Å²) < 4.78 is 5.79. The maximum Gasteiger partial charge on any atom is 0.276 e. The first-order valence-electron chi connectivity index (χ1n) is 6.24. The lowest BCUT2D eigenvalue weighted by Gasteiger charge is -2.12. The fourth-order valence-electron chi connectivity index (χ4n) is 2.02. The van der Waals surface area contributed by atoms with Crippen LogP contribution in [0.3, 0.4) is 0 Å². The number of hydrogen-bond donors (Lipinski definition) is 1. The molecule has 2 aromatic carbocycles. The Morgan fingerprint density at radius 2 is 1.85 bits per heavy atom. The zero-order valence-electron chi connectivity index (χ0n) is 11.4. The minimum atomic E-state index is -0.406. The molecule has 0 aliphatic carbocycles. The highest BCUT2D eigenvalue weighted by molar-refractivity contribution is 5.51. The molecule has 0 spiro atoms. The number of nitro benzene ring substituents is 1. The van der Waals surface area contributed by atoms with Crippen LogP contribution in [0.4, 0.5) is 5.69 Å². The number of rotatable bonds is 4. The smallest absolute Gasteiger partial charge is 0.276 e. The van der Waals surface area contributed by atoms with Gasteiger partial charge in [-0.1, -0.05) is 18.2 Å². The molecule has 0 amide bonds. The van der Waals surface area contributed by atoms with Crippen LogP contribution >= 0.6 is 0 Å². The van der Waals surface area contributed by atoms with Gasteiger partial charge in [-0.25, -0.2) is 0 Å². The van der Waals surface area contributed by atoms with Crippen LogP contribution in [0.1, 0.15) is 16.7 Å². The highest BCUT2D eigenvalue weighted by Gasteiger charge is 2.15. The molecule has 0 aliphatic rings. The molecule has 0 atom stereocenters. The van der Waals surface area contributed by atoms with E-state index < -0.39 is 4.92 Å². The van der Waals surface area contributed by atoms with E-state index in [0.29, 0.717) is 23.6 Å². The summed E-state index contributed by atoms with van der Waals surface area (Å²) in [6.07, 6.45) is 0. The van der Waals surface area contributed by atoms with Crippen LogP contribution in [0.25, 0.3) is 0 Å². The second kappa shape index (κ2) is 5.71. The molecule has 5 heteroatoms. The summed E-state index contributed by atoms with van der Waals surface area (Å²) in [5, 5.41) is 11.0. The molecule has 5 nitrogen and oxygen atoms in total. The molecular weight excluding hydrogens is 256 g/mol. The third-order valence-corrected chi connectivity index (χ3v) is 3.10. The second-order valence-electron chi connectivity index (χ2n) is 4.58. The van der Waals surface area contributed by atoms with Crippen LogP contribution in [-0.4, -0.2) is 4.92 Å². The van der Waals surface area contributed by atoms with E-state index in [0.717, 1.165) is 11.1 Å². The predicted octanol–water partition coefficient (Wildman–Crippen LogP) is 3.46. The second-order valence-corrected chi connectivity index (χ2v) is 4.58. The summed E-state index contributed by atoms with van der Waals surface area (Å²) in [5.41, 5.74) is 8.03. The SMILES string of the molecule is Cc1cc(C)c([N+](=O)[O-])cc1Oc1ccccc1CN. The number of para-hydroxylation sites is 1. The van der Waals surface area contributed by atoms with E-state index >= 15 is 0 Å². The molecule has 2 rings (SSSR count). The van der Waals surface area contributed by atoms with Crippen molar-refractivity contribution in [3.8, 4) is 11.5 Å². The summed E-state index contributed by atoms with van der Waals surface area (Å²) >= 11 is 0. The van der Waals surface area contributed by atoms with Gasteiger partial charge in [0.05, 0.1) is 11.0 Å². The highest BCUT2D eigenvalue weighted by atomic mass is 16.6. The highest BCUT2D eigenvalue weighted by Crippen LogP contribution is 2.32. The van der Waals surface area contributed by atoms with E-state index in [2.05, 4.69) is 0 Å². The van der Waals surface area contributed by atoms with Gasteiger partial charge in [0.15, 0.2) is 0 Å². The van der Waals surface area contributed by atoms with Gasteiger partial charge in [-0.3, -0.25) is 10.1 Å². The standard InChI is InChI=1S/C15H16N2O3/c1-10-7-11(2)15(8-13(10)17(18)19)20-14-6-4-3-5-12(14)9-16/h3-8H,9,16H2,1-2H3. The van der Waals surface area contributed by atoms with Gasteiger partial charge in [0, 0.05) is 17.7 Å². The zero-order valence-corrected chi connectivity index (χ0v) is 11.4. The quantitative estimate of drug-likeness (QED) is 0.682. The fourth-order valence-corrected chi connectivity index (χ4v) is 2.02. The first-order valence-corrected chi connectivity index (χ1v) is 6.24. The predicted molar refractivity (Wildman–Crippen MR) is 77.0 cm³/mol. The molecule has 2 aromatic rings. The molecule has 20 heavy (non-hydrogen) atoms. The average Bonchev–Trinajstić information content (AvgIpc) is 2.42. The summed E-state index contributed by atoms with van der Waals surface area (Å²) in [6, 6.07) is 10.6. The van der Waals surface area contributed by atoms with E-state index in [1.54, 1.807) is 19.1 Å². The van der Waals surface area contributed by atoms with Gasteiger partial charge in [0.25, 0.3) is 5.69 Å². The largest absolute Gasteiger partial charge is 0.456 e. The third-order valence-electron chi connectivity index (χ3n) is 3.10. The first kappa shape index (κ1) is 14.0. The summed E-state index contributed by atoms with van der Waals surface area (Å²) in [4.78, 5) is 10.6. The maximum atomic E-state index is 11.0. The Bertz CT molecular complexity index is 654. The minimum Gasteiger partial charge on any atom is -0.456 e. The summed E-state index contributed by atoms with van der Waals surface area (Å²) in [7, 11) is 0. The van der Waals surface area contributed by atoms with Gasteiger partial charge in [-0.05, 0) is 31.5 Å². The van der Waals surface area contributed by atoms with Crippen LogP contribution < -0.4 is 10.5 Å². The van der Waals surface area contributed by atoms with Crippen molar-refractivity contribution in [3.63, 3.8) is 0 Å². The normalized spacial score (nSPS) is 10.3. The molecule has 2 N–H and O–H groups in total. The zero-order chi connectivity index (χ0) is 14.7. The van der Waals surface area contributed by atoms with Crippen molar-refractivity contribution in [1.29, 1.82) is 0 Å². The van der Waals surface area contributed by atoms with Crippen molar-refractivity contribution < 1.29 is 9.66 Å². The Morgan fingerprint density at radius 3 is 2.50 bits per heavy atom. The van der Waals surface area contributed by atoms with E-state index in [9.17, 15) is 10.1 Å². The number of benzene rings is 2. The molecule has 0 aliphatic heterocycles. The molecule has 0 aromatic heterocycles. The Morgan fingerprint density at radius 1 is 1.15 bits per heavy atom. The minimum absolute atomic E-state index is 0.0517. The molecule has 104 valence electrons. The van der Waals surface area contributed by atoms with E-state index in [1.165, 1.54) is 6.07 Å². The van der Waals surface area contributed by atoms with Gasteiger partial charge in [-0.2, -0.15) is 0 Å². The molecule has 0 saturated carbocycles. The first-order chi connectivity index (χ1) is 9.52. The van der Waals surface area contributed by atoms with Crippen LogP contribution in [0.2, 0.25) is 0 Å². The number of aryl methyl sites for hydroxylation is 2. The van der Waals surface area contributed by atoms with Crippen LogP contribution in [0, 0.1) is 24.0 Å². The maximum absolute atomic E-state index is 11.0. The van der Waals surface area contributed by atoms with E-state index in [4.69, 9.17) is 10.5 Å². The average molecular weight is 272 g/mol. The molecule has 0 bridgehead atoms. The lowest BCUT2D eigenvalue weighted by Crippen LogP contribution is -2.00. The molecule has 0 heterocycles. The number of nitrogens with zero attached hydrogens (tertiary/aromatic N) is 1. The van der Waals surface area contributed by atoms with Gasteiger partial charge in [-0.15, -0.1) is 0 Å². The van der Waals surface area contributed by atoms with Gasteiger partial charge in [0.2, 0.25) is 0 Å². The monoisotopic (exact) mass is 272 g/mol. The van der Waals surface area contributed by atoms with Gasteiger partial charge in [0.1, 0.15) is 11.5 Å². The summed E-state index contributed by atoms with van der Waals surface area (Å²) in [5.74, 6) is 1.10. The number of nitro groups is 1. The van der Waals surface area contributed by atoms with Crippen molar-refractivity contribution in [2.75, 3.05) is 0 Å².